The predicted octanol–water partition coefficient (Wildman–Crippen LogP) is 2.57. The Balaban J connectivity index is 2.08. The van der Waals surface area contributed by atoms with Crippen molar-refractivity contribution in [2.24, 2.45) is 0 Å². The van der Waals surface area contributed by atoms with Gasteiger partial charge in [0.15, 0.2) is 11.5 Å². The number of fused-ring (bicyclic) bond motifs is 1. The van der Waals surface area contributed by atoms with Crippen LogP contribution in [0.5, 0.6) is 11.5 Å². The Morgan fingerprint density at radius 1 is 0.941 bits per heavy atom. The number of H-pyrrole nitrogens is 1. The Bertz CT molecular complexity index is 1410. The lowest BCUT2D eigenvalue weighted by molar-refractivity contribution is 0.0600. The molecule has 0 unspecified atom stereocenters. The van der Waals surface area contributed by atoms with Gasteiger partial charge in [0, 0.05) is 30.1 Å². The largest absolute Gasteiger partial charge is 0.493 e. The number of aromatic nitrogens is 1. The third kappa shape index (κ3) is 4.80. The van der Waals surface area contributed by atoms with Gasteiger partial charge >= 0.3 is 11.9 Å². The Morgan fingerprint density at radius 3 is 2.26 bits per heavy atom. The number of methoxy groups -OCH3 is 2. The second kappa shape index (κ2) is 10.1. The second-order valence-electron chi connectivity index (χ2n) is 7.09. The number of aromatic amines is 1. The van der Waals surface area contributed by atoms with E-state index in [1.165, 1.54) is 54.9 Å². The molecular weight excluding hydrogens is 464 g/mol. The lowest BCUT2D eigenvalue weighted by Crippen LogP contribution is -2.30. The first kappa shape index (κ1) is 24.9. The maximum absolute atomic E-state index is 13.0. The zero-order valence-electron chi connectivity index (χ0n) is 19.1. The minimum Gasteiger partial charge on any atom is -0.493 e. The summed E-state index contributed by atoms with van der Waals surface area (Å²) < 4.78 is 42.5. The molecule has 1 aromatic heterocycles. The van der Waals surface area contributed by atoms with E-state index in [2.05, 4.69) is 9.72 Å². The van der Waals surface area contributed by atoms with Crippen molar-refractivity contribution in [3.63, 3.8) is 0 Å². The fourth-order valence-corrected chi connectivity index (χ4v) is 4.91. The van der Waals surface area contributed by atoms with Gasteiger partial charge in [0.2, 0.25) is 15.6 Å². The van der Waals surface area contributed by atoms with E-state index in [0.29, 0.717) is 0 Å². The summed E-state index contributed by atoms with van der Waals surface area (Å²) in [4.78, 5) is 39.5. The Kier molecular flexibility index (Phi) is 7.38. The van der Waals surface area contributed by atoms with E-state index in [9.17, 15) is 22.8 Å². The van der Waals surface area contributed by atoms with Crippen LogP contribution < -0.4 is 15.0 Å². The molecule has 1 heterocycles. The average molecular weight is 489 g/mol. The number of pyridine rings is 1. The molecule has 11 heteroatoms. The molecule has 0 aliphatic rings. The van der Waals surface area contributed by atoms with Crippen LogP contribution in [0.1, 0.15) is 34.6 Å². The molecular formula is C23H24N2O8S. The molecule has 10 nitrogen and oxygen atoms in total. The number of hydrogen-bond acceptors (Lipinski definition) is 8. The molecule has 0 saturated carbocycles. The SMILES string of the molecule is CCN(CC)S(=O)(=O)c1ccc2[nH]c(=O)cc(C(=O)Oc3ccc(C(=O)OC)cc3OC)c2c1. The maximum Gasteiger partial charge on any atom is 0.344 e. The number of esters is 2. The van der Waals surface area contributed by atoms with E-state index in [1.54, 1.807) is 13.8 Å². The third-order valence-corrected chi connectivity index (χ3v) is 7.21. The third-order valence-electron chi connectivity index (χ3n) is 5.16. The van der Waals surface area contributed by atoms with Crippen molar-refractivity contribution in [1.29, 1.82) is 0 Å². The average Bonchev–Trinajstić information content (AvgIpc) is 2.83. The normalized spacial score (nSPS) is 11.4. The molecule has 0 aliphatic heterocycles. The summed E-state index contributed by atoms with van der Waals surface area (Å²) >= 11 is 0. The number of nitrogens with zero attached hydrogens (tertiary/aromatic N) is 1. The summed E-state index contributed by atoms with van der Waals surface area (Å²) in [5, 5.41) is 0.197. The van der Waals surface area contributed by atoms with Crippen LogP contribution in [0.2, 0.25) is 0 Å². The van der Waals surface area contributed by atoms with Gasteiger partial charge in [-0.2, -0.15) is 4.31 Å². The van der Waals surface area contributed by atoms with Gasteiger partial charge in [0.1, 0.15) is 0 Å². The Labute approximate surface area is 196 Å². The molecule has 3 rings (SSSR count). The minimum absolute atomic E-state index is 0.000465. The molecule has 2 aromatic carbocycles. The first-order valence-electron chi connectivity index (χ1n) is 10.3. The Morgan fingerprint density at radius 2 is 1.65 bits per heavy atom. The number of benzene rings is 2. The number of sulfonamides is 1. The highest BCUT2D eigenvalue weighted by atomic mass is 32.2. The van der Waals surface area contributed by atoms with Crippen molar-refractivity contribution >= 4 is 32.9 Å². The zero-order valence-corrected chi connectivity index (χ0v) is 19.9. The van der Waals surface area contributed by atoms with Crippen molar-refractivity contribution in [1.82, 2.24) is 9.29 Å². The van der Waals surface area contributed by atoms with Crippen LogP contribution in [-0.4, -0.2) is 57.0 Å². The highest BCUT2D eigenvalue weighted by Gasteiger charge is 2.24. The van der Waals surface area contributed by atoms with Crippen LogP contribution in [0.15, 0.2) is 52.2 Å². The molecule has 180 valence electrons. The van der Waals surface area contributed by atoms with Crippen LogP contribution in [0.25, 0.3) is 10.9 Å². The van der Waals surface area contributed by atoms with E-state index in [-0.39, 0.29) is 51.5 Å². The highest BCUT2D eigenvalue weighted by Crippen LogP contribution is 2.30. The van der Waals surface area contributed by atoms with E-state index >= 15 is 0 Å². The molecule has 0 atom stereocenters. The summed E-state index contributed by atoms with van der Waals surface area (Å²) in [7, 11) is -1.24. The number of nitrogens with one attached hydrogen (secondary N) is 1. The van der Waals surface area contributed by atoms with E-state index in [4.69, 9.17) is 9.47 Å². The molecule has 34 heavy (non-hydrogen) atoms. The number of carbonyl (C=O) groups excluding carboxylic acids is 2. The topological polar surface area (TPSA) is 132 Å². The molecule has 1 N–H and O–H groups in total. The van der Waals surface area contributed by atoms with Crippen molar-refractivity contribution in [3.8, 4) is 11.5 Å². The van der Waals surface area contributed by atoms with Gasteiger partial charge in [-0.15, -0.1) is 0 Å². The van der Waals surface area contributed by atoms with Gasteiger partial charge in [0.05, 0.1) is 30.2 Å². The van der Waals surface area contributed by atoms with Crippen LogP contribution in [0, 0.1) is 0 Å². The highest BCUT2D eigenvalue weighted by molar-refractivity contribution is 7.89. The van der Waals surface area contributed by atoms with Crippen LogP contribution in [0.4, 0.5) is 0 Å². The predicted molar refractivity (Wildman–Crippen MR) is 124 cm³/mol. The summed E-state index contributed by atoms with van der Waals surface area (Å²) in [6, 6.07) is 9.25. The molecule has 0 spiro atoms. The zero-order chi connectivity index (χ0) is 25.0. The maximum atomic E-state index is 13.0. The number of rotatable bonds is 8. The first-order valence-corrected chi connectivity index (χ1v) is 11.8. The molecule has 0 aliphatic carbocycles. The first-order chi connectivity index (χ1) is 16.2. The van der Waals surface area contributed by atoms with E-state index in [1.807, 2.05) is 0 Å². The van der Waals surface area contributed by atoms with Gasteiger partial charge in [-0.3, -0.25) is 4.79 Å². The number of carbonyl (C=O) groups is 2. The molecule has 3 aromatic rings. The van der Waals surface area contributed by atoms with Crippen LogP contribution in [-0.2, 0) is 14.8 Å². The van der Waals surface area contributed by atoms with Gasteiger partial charge in [-0.1, -0.05) is 13.8 Å². The lowest BCUT2D eigenvalue weighted by Gasteiger charge is -2.19. The lowest BCUT2D eigenvalue weighted by atomic mass is 10.1. The quantitative estimate of drug-likeness (QED) is 0.378. The Hall–Kier alpha value is -3.70. The minimum atomic E-state index is -3.80. The van der Waals surface area contributed by atoms with Gasteiger partial charge in [-0.05, 0) is 36.4 Å². The monoisotopic (exact) mass is 488 g/mol. The van der Waals surface area contributed by atoms with Crippen LogP contribution in [0.3, 0.4) is 0 Å². The summed E-state index contributed by atoms with van der Waals surface area (Å²) in [6.07, 6.45) is 0. The number of hydrogen-bond donors (Lipinski definition) is 1. The fourth-order valence-electron chi connectivity index (χ4n) is 3.43. The molecule has 0 bridgehead atoms. The summed E-state index contributed by atoms with van der Waals surface area (Å²) in [6.45, 7) is 4.00. The standard InChI is InChI=1S/C23H24N2O8S/c1-5-25(6-2)34(29,30)15-8-9-18-16(12-15)17(13-21(26)24-18)23(28)33-19-10-7-14(22(27)32-4)11-20(19)31-3/h7-13H,5-6H2,1-4H3,(H,24,26). The van der Waals surface area contributed by atoms with Crippen molar-refractivity contribution in [3.05, 3.63) is 63.9 Å². The second-order valence-corrected chi connectivity index (χ2v) is 9.03. The number of ether oxygens (including phenoxy) is 3. The van der Waals surface area contributed by atoms with Crippen molar-refractivity contribution < 1.29 is 32.2 Å². The molecule has 0 saturated heterocycles. The summed E-state index contributed by atoms with van der Waals surface area (Å²) in [5.41, 5.74) is -0.237. The van der Waals surface area contributed by atoms with Crippen LogP contribution >= 0.6 is 0 Å². The van der Waals surface area contributed by atoms with Gasteiger partial charge in [0.25, 0.3) is 0 Å². The molecule has 0 fully saturated rings. The van der Waals surface area contributed by atoms with E-state index in [0.717, 1.165) is 6.07 Å². The molecule has 0 amide bonds. The fraction of sp³-hybridized carbons (Fsp3) is 0.261. The summed E-state index contributed by atoms with van der Waals surface area (Å²) in [5.74, 6) is -1.41. The smallest absolute Gasteiger partial charge is 0.344 e. The van der Waals surface area contributed by atoms with Crippen molar-refractivity contribution in [2.45, 2.75) is 18.7 Å². The van der Waals surface area contributed by atoms with Crippen molar-refractivity contribution in [2.75, 3.05) is 27.3 Å². The van der Waals surface area contributed by atoms with E-state index < -0.39 is 27.5 Å². The van der Waals surface area contributed by atoms with Gasteiger partial charge in [-0.25, -0.2) is 18.0 Å². The van der Waals surface area contributed by atoms with Gasteiger partial charge < -0.3 is 19.2 Å². The molecule has 0 radical (unpaired) electrons.